The summed E-state index contributed by atoms with van der Waals surface area (Å²) in [4.78, 5) is 18.6. The van der Waals surface area contributed by atoms with E-state index in [2.05, 4.69) is 30.5 Å². The molecule has 0 aliphatic carbocycles. The molecule has 0 spiro atoms. The number of piperidine rings is 1. The van der Waals surface area contributed by atoms with Crippen molar-refractivity contribution in [2.45, 2.75) is 26.7 Å². The second kappa shape index (κ2) is 7.75. The van der Waals surface area contributed by atoms with E-state index < -0.39 is 0 Å². The van der Waals surface area contributed by atoms with Crippen LogP contribution in [0.3, 0.4) is 0 Å². The number of aromatic nitrogens is 5. The zero-order valence-corrected chi connectivity index (χ0v) is 16.0. The van der Waals surface area contributed by atoms with Gasteiger partial charge in [0.25, 0.3) is 0 Å². The van der Waals surface area contributed by atoms with Gasteiger partial charge in [0.05, 0.1) is 17.6 Å². The van der Waals surface area contributed by atoms with Gasteiger partial charge in [0.15, 0.2) is 11.6 Å². The summed E-state index contributed by atoms with van der Waals surface area (Å²) >= 11 is 0. The van der Waals surface area contributed by atoms with Crippen molar-refractivity contribution in [3.8, 4) is 5.82 Å². The van der Waals surface area contributed by atoms with Gasteiger partial charge in [0.1, 0.15) is 0 Å². The lowest BCUT2D eigenvalue weighted by Gasteiger charge is -2.31. The normalized spacial score (nSPS) is 14.9. The number of pyridine rings is 1. The zero-order valence-electron chi connectivity index (χ0n) is 16.0. The van der Waals surface area contributed by atoms with Crippen LogP contribution >= 0.6 is 0 Å². The number of hydrogen-bond donors (Lipinski definition) is 1. The summed E-state index contributed by atoms with van der Waals surface area (Å²) in [5.74, 6) is 1.59. The molecular weight excluding hydrogens is 354 g/mol. The van der Waals surface area contributed by atoms with E-state index in [1.54, 1.807) is 17.1 Å². The summed E-state index contributed by atoms with van der Waals surface area (Å²) in [6, 6.07) is 9.57. The van der Waals surface area contributed by atoms with Crippen LogP contribution < -0.4 is 10.2 Å². The third kappa shape index (κ3) is 3.85. The molecule has 0 saturated carbocycles. The third-order valence-electron chi connectivity index (χ3n) is 4.98. The van der Waals surface area contributed by atoms with E-state index >= 15 is 0 Å². The Morgan fingerprint density at radius 2 is 1.86 bits per heavy atom. The molecule has 0 bridgehead atoms. The molecule has 1 fully saturated rings. The monoisotopic (exact) mass is 377 g/mol. The number of hydrogen-bond acceptors (Lipinski definition) is 6. The molecule has 0 radical (unpaired) electrons. The maximum absolute atomic E-state index is 12.5. The highest BCUT2D eigenvalue weighted by Crippen LogP contribution is 2.23. The topological polar surface area (TPSA) is 88.8 Å². The van der Waals surface area contributed by atoms with Crippen LogP contribution in [0, 0.1) is 19.8 Å². The second-order valence-corrected chi connectivity index (χ2v) is 7.08. The van der Waals surface area contributed by atoms with Crippen molar-refractivity contribution in [2.75, 3.05) is 23.3 Å². The fourth-order valence-corrected chi connectivity index (χ4v) is 3.51. The van der Waals surface area contributed by atoms with Gasteiger partial charge in [0, 0.05) is 30.9 Å². The molecule has 3 aromatic heterocycles. The van der Waals surface area contributed by atoms with E-state index in [1.165, 1.54) is 0 Å². The van der Waals surface area contributed by atoms with Crippen LogP contribution in [0.5, 0.6) is 0 Å². The molecule has 8 heteroatoms. The molecule has 1 N–H and O–H groups in total. The summed E-state index contributed by atoms with van der Waals surface area (Å²) in [5.41, 5.74) is 2.72. The van der Waals surface area contributed by atoms with Crippen LogP contribution in [-0.4, -0.2) is 44.0 Å². The summed E-state index contributed by atoms with van der Waals surface area (Å²) < 4.78 is 1.79. The summed E-state index contributed by atoms with van der Waals surface area (Å²) in [5, 5.41) is 16.1. The highest BCUT2D eigenvalue weighted by Gasteiger charge is 2.26. The summed E-state index contributed by atoms with van der Waals surface area (Å²) in [6.45, 7) is 5.51. The number of amides is 1. The van der Waals surface area contributed by atoms with Crippen molar-refractivity contribution >= 4 is 17.4 Å². The minimum absolute atomic E-state index is 0.00149. The molecule has 1 saturated heterocycles. The van der Waals surface area contributed by atoms with Gasteiger partial charge in [-0.05, 0) is 57.0 Å². The van der Waals surface area contributed by atoms with Gasteiger partial charge in [-0.25, -0.2) is 4.68 Å². The fourth-order valence-electron chi connectivity index (χ4n) is 3.51. The molecular formula is C20H23N7O. The summed E-state index contributed by atoms with van der Waals surface area (Å²) in [7, 11) is 0. The molecule has 28 heavy (non-hydrogen) atoms. The maximum Gasteiger partial charge on any atom is 0.227 e. The molecule has 1 aliphatic rings. The Morgan fingerprint density at radius 1 is 1.11 bits per heavy atom. The Bertz CT molecular complexity index is 944. The maximum atomic E-state index is 12.5. The van der Waals surface area contributed by atoms with Gasteiger partial charge in [-0.15, -0.1) is 10.2 Å². The average Bonchev–Trinajstić information content (AvgIpc) is 3.07. The number of carbonyl (C=O) groups is 1. The van der Waals surface area contributed by atoms with E-state index in [1.807, 2.05) is 44.2 Å². The lowest BCUT2D eigenvalue weighted by molar-refractivity contribution is -0.120. The first kappa shape index (κ1) is 18.1. The minimum Gasteiger partial charge on any atom is -0.355 e. The third-order valence-corrected chi connectivity index (χ3v) is 4.98. The SMILES string of the molecule is Cc1cc(C)n(-c2ccc(N3CCC(C(=O)Nc4cccnc4)CC3)nn2)n1. The van der Waals surface area contributed by atoms with Crippen LogP contribution in [0.25, 0.3) is 5.82 Å². The minimum atomic E-state index is -0.00149. The van der Waals surface area contributed by atoms with Crippen molar-refractivity contribution in [3.05, 3.63) is 54.1 Å². The molecule has 3 aromatic rings. The Labute approximate surface area is 163 Å². The number of nitrogens with zero attached hydrogens (tertiary/aromatic N) is 6. The lowest BCUT2D eigenvalue weighted by atomic mass is 9.96. The first-order valence-electron chi connectivity index (χ1n) is 9.43. The Morgan fingerprint density at radius 3 is 2.46 bits per heavy atom. The van der Waals surface area contributed by atoms with Crippen LogP contribution in [0.2, 0.25) is 0 Å². The van der Waals surface area contributed by atoms with Crippen molar-refractivity contribution < 1.29 is 4.79 Å². The number of aryl methyl sites for hydroxylation is 2. The van der Waals surface area contributed by atoms with Crippen molar-refractivity contribution in [1.29, 1.82) is 0 Å². The molecule has 8 nitrogen and oxygen atoms in total. The highest BCUT2D eigenvalue weighted by molar-refractivity contribution is 5.92. The molecule has 0 unspecified atom stereocenters. The standard InChI is InChI=1S/C20H23N7O/c1-14-12-15(2)27(25-14)19-6-5-18(23-24-19)26-10-7-16(8-11-26)20(28)22-17-4-3-9-21-13-17/h3-6,9,12-13,16H,7-8,10-11H2,1-2H3,(H,22,28). The van der Waals surface area contributed by atoms with E-state index in [0.29, 0.717) is 5.82 Å². The number of rotatable bonds is 4. The average molecular weight is 377 g/mol. The first-order chi connectivity index (χ1) is 13.6. The van der Waals surface area contributed by atoms with Gasteiger partial charge < -0.3 is 10.2 Å². The van der Waals surface area contributed by atoms with Crippen molar-refractivity contribution in [3.63, 3.8) is 0 Å². The van der Waals surface area contributed by atoms with E-state index in [9.17, 15) is 4.79 Å². The zero-order chi connectivity index (χ0) is 19.5. The predicted molar refractivity (Wildman–Crippen MR) is 106 cm³/mol. The van der Waals surface area contributed by atoms with Crippen molar-refractivity contribution in [1.82, 2.24) is 25.0 Å². The lowest BCUT2D eigenvalue weighted by Crippen LogP contribution is -2.38. The molecule has 0 atom stereocenters. The number of carbonyl (C=O) groups excluding carboxylic acids is 1. The van der Waals surface area contributed by atoms with Crippen LogP contribution in [-0.2, 0) is 4.79 Å². The molecule has 1 aliphatic heterocycles. The van der Waals surface area contributed by atoms with Gasteiger partial charge in [0.2, 0.25) is 5.91 Å². The largest absolute Gasteiger partial charge is 0.355 e. The smallest absolute Gasteiger partial charge is 0.227 e. The van der Waals surface area contributed by atoms with Gasteiger partial charge >= 0.3 is 0 Å². The van der Waals surface area contributed by atoms with Crippen LogP contribution in [0.1, 0.15) is 24.2 Å². The highest BCUT2D eigenvalue weighted by atomic mass is 16.1. The van der Waals surface area contributed by atoms with Gasteiger partial charge in [-0.3, -0.25) is 9.78 Å². The first-order valence-corrected chi connectivity index (χ1v) is 9.43. The van der Waals surface area contributed by atoms with Crippen LogP contribution in [0.15, 0.2) is 42.7 Å². The number of anilines is 2. The van der Waals surface area contributed by atoms with E-state index in [4.69, 9.17) is 0 Å². The quantitative estimate of drug-likeness (QED) is 0.752. The number of nitrogens with one attached hydrogen (secondary N) is 1. The van der Waals surface area contributed by atoms with Gasteiger partial charge in [-0.1, -0.05) is 0 Å². The Kier molecular flexibility index (Phi) is 5.01. The molecule has 4 heterocycles. The molecule has 1 amide bonds. The Balaban J connectivity index is 1.36. The van der Waals surface area contributed by atoms with E-state index in [0.717, 1.165) is 48.8 Å². The summed E-state index contributed by atoms with van der Waals surface area (Å²) in [6.07, 6.45) is 4.92. The molecule has 0 aromatic carbocycles. The van der Waals surface area contributed by atoms with Crippen LogP contribution in [0.4, 0.5) is 11.5 Å². The fraction of sp³-hybridized carbons (Fsp3) is 0.350. The Hall–Kier alpha value is -3.29. The predicted octanol–water partition coefficient (Wildman–Crippen LogP) is 2.53. The molecule has 144 valence electrons. The van der Waals surface area contributed by atoms with Crippen molar-refractivity contribution in [2.24, 2.45) is 5.92 Å². The van der Waals surface area contributed by atoms with E-state index in [-0.39, 0.29) is 11.8 Å². The molecule has 4 rings (SSSR count). The second-order valence-electron chi connectivity index (χ2n) is 7.08. The van der Waals surface area contributed by atoms with Gasteiger partial charge in [-0.2, -0.15) is 5.10 Å².